The van der Waals surface area contributed by atoms with Crippen LogP contribution in [0, 0.1) is 0 Å². The van der Waals surface area contributed by atoms with Crippen LogP contribution in [-0.2, 0) is 4.79 Å². The van der Waals surface area contributed by atoms with Gasteiger partial charge in [0.05, 0.1) is 6.04 Å². The van der Waals surface area contributed by atoms with Crippen LogP contribution in [0.3, 0.4) is 0 Å². The third kappa shape index (κ3) is 1.13. The molecular weight excluding hydrogens is 114 g/mol. The van der Waals surface area contributed by atoms with Gasteiger partial charge in [-0.1, -0.05) is 0 Å². The molecule has 2 atom stereocenters. The molecule has 0 aromatic carbocycles. The first kappa shape index (κ1) is 6.75. The Morgan fingerprint density at radius 1 is 1.56 bits per heavy atom. The van der Waals surface area contributed by atoms with Crippen LogP contribution in [0.15, 0.2) is 0 Å². The van der Waals surface area contributed by atoms with Crippen LogP contribution >= 0.6 is 0 Å². The summed E-state index contributed by atoms with van der Waals surface area (Å²) in [7, 11) is 2.01. The molecule has 0 spiro atoms. The lowest BCUT2D eigenvalue weighted by Crippen LogP contribution is -2.31. The van der Waals surface area contributed by atoms with E-state index in [-0.39, 0.29) is 6.04 Å². The summed E-state index contributed by atoms with van der Waals surface area (Å²) in [6, 6.07) is 0.792. The molecular formula is C7H13NO. The van der Waals surface area contributed by atoms with Gasteiger partial charge in [0.25, 0.3) is 0 Å². The Morgan fingerprint density at radius 2 is 2.22 bits per heavy atom. The maximum Gasteiger partial charge on any atom is 0.137 e. The predicted octanol–water partition coefficient (Wildman–Crippen LogP) is 0.668. The van der Waals surface area contributed by atoms with Gasteiger partial charge >= 0.3 is 0 Å². The van der Waals surface area contributed by atoms with Crippen molar-refractivity contribution in [1.82, 2.24) is 4.90 Å². The molecule has 0 saturated carbocycles. The van der Waals surface area contributed by atoms with Gasteiger partial charge in [0.15, 0.2) is 0 Å². The fraction of sp³-hybridized carbons (Fsp3) is 0.857. The zero-order chi connectivity index (χ0) is 6.85. The highest BCUT2D eigenvalue weighted by atomic mass is 16.1. The third-order valence-electron chi connectivity index (χ3n) is 2.26. The van der Waals surface area contributed by atoms with Crippen molar-refractivity contribution in [2.24, 2.45) is 0 Å². The second-order valence-corrected chi connectivity index (χ2v) is 2.80. The Morgan fingerprint density at radius 3 is 2.44 bits per heavy atom. The number of rotatable bonds is 1. The van der Waals surface area contributed by atoms with Gasteiger partial charge in [-0.15, -0.1) is 0 Å². The highest BCUT2D eigenvalue weighted by molar-refractivity contribution is 5.58. The molecule has 52 valence electrons. The highest BCUT2D eigenvalue weighted by Gasteiger charge is 2.25. The molecule has 0 bridgehead atoms. The Bertz CT molecular complexity index is 113. The number of carbonyl (C=O) groups is 1. The topological polar surface area (TPSA) is 20.3 Å². The minimum Gasteiger partial charge on any atom is -0.302 e. The van der Waals surface area contributed by atoms with Crippen molar-refractivity contribution < 1.29 is 4.79 Å². The van der Waals surface area contributed by atoms with E-state index < -0.39 is 0 Å². The number of hydrogen-bond acceptors (Lipinski definition) is 2. The molecule has 0 aromatic rings. The van der Waals surface area contributed by atoms with Gasteiger partial charge in [0.2, 0.25) is 0 Å². The van der Waals surface area contributed by atoms with Crippen LogP contribution in [0.5, 0.6) is 0 Å². The number of likely N-dealkylation sites (tertiary alicyclic amines) is 1. The molecule has 1 aliphatic rings. The van der Waals surface area contributed by atoms with E-state index >= 15 is 0 Å². The van der Waals surface area contributed by atoms with E-state index in [1.807, 2.05) is 7.05 Å². The Hall–Kier alpha value is -0.370. The predicted molar refractivity (Wildman–Crippen MR) is 36.3 cm³/mol. The van der Waals surface area contributed by atoms with Crippen LogP contribution < -0.4 is 0 Å². The van der Waals surface area contributed by atoms with Gasteiger partial charge in [-0.05, 0) is 26.8 Å². The minimum absolute atomic E-state index is 0.194. The van der Waals surface area contributed by atoms with Gasteiger partial charge in [0, 0.05) is 6.04 Å². The number of carbonyl (C=O) groups excluding carboxylic acids is 1. The van der Waals surface area contributed by atoms with Gasteiger partial charge in [0.1, 0.15) is 6.29 Å². The van der Waals surface area contributed by atoms with E-state index in [2.05, 4.69) is 11.8 Å². The van der Waals surface area contributed by atoms with Crippen LogP contribution in [0.25, 0.3) is 0 Å². The molecule has 0 radical (unpaired) electrons. The largest absolute Gasteiger partial charge is 0.302 e. The van der Waals surface area contributed by atoms with E-state index in [1.165, 1.54) is 6.42 Å². The summed E-state index contributed by atoms with van der Waals surface area (Å²) in [5.74, 6) is 0. The van der Waals surface area contributed by atoms with Gasteiger partial charge in [-0.25, -0.2) is 0 Å². The Balaban J connectivity index is 2.50. The SMILES string of the molecule is C[C@@H]1CCC(C=O)N1C. The lowest BCUT2D eigenvalue weighted by molar-refractivity contribution is -0.111. The fourth-order valence-corrected chi connectivity index (χ4v) is 1.31. The molecule has 0 aromatic heterocycles. The van der Waals surface area contributed by atoms with E-state index in [1.54, 1.807) is 0 Å². The van der Waals surface area contributed by atoms with E-state index in [0.717, 1.165) is 12.7 Å². The molecule has 1 rings (SSSR count). The molecule has 0 aliphatic carbocycles. The van der Waals surface area contributed by atoms with Crippen LogP contribution in [0.2, 0.25) is 0 Å². The summed E-state index contributed by atoms with van der Waals surface area (Å²) in [6.45, 7) is 2.16. The quantitative estimate of drug-likeness (QED) is 0.482. The van der Waals surface area contributed by atoms with Gasteiger partial charge < -0.3 is 4.79 Å². The fourth-order valence-electron chi connectivity index (χ4n) is 1.31. The summed E-state index contributed by atoms with van der Waals surface area (Å²) in [5, 5.41) is 0. The van der Waals surface area contributed by atoms with Crippen LogP contribution in [0.4, 0.5) is 0 Å². The van der Waals surface area contributed by atoms with Gasteiger partial charge in [-0.3, -0.25) is 4.90 Å². The molecule has 1 heterocycles. The minimum atomic E-state index is 0.194. The van der Waals surface area contributed by atoms with E-state index in [4.69, 9.17) is 0 Å². The monoisotopic (exact) mass is 127 g/mol. The second-order valence-electron chi connectivity index (χ2n) is 2.80. The number of nitrogens with zero attached hydrogens (tertiary/aromatic N) is 1. The average molecular weight is 127 g/mol. The van der Waals surface area contributed by atoms with Crippen molar-refractivity contribution in [3.63, 3.8) is 0 Å². The van der Waals surface area contributed by atoms with Gasteiger partial charge in [-0.2, -0.15) is 0 Å². The van der Waals surface area contributed by atoms with E-state index in [0.29, 0.717) is 6.04 Å². The molecule has 1 fully saturated rings. The molecule has 0 amide bonds. The van der Waals surface area contributed by atoms with Crippen molar-refractivity contribution in [3.05, 3.63) is 0 Å². The number of likely N-dealkylation sites (N-methyl/N-ethyl adjacent to an activating group) is 1. The third-order valence-corrected chi connectivity index (χ3v) is 2.26. The number of aldehydes is 1. The summed E-state index contributed by atoms with van der Waals surface area (Å²) in [5.41, 5.74) is 0. The van der Waals surface area contributed by atoms with Crippen molar-refractivity contribution >= 4 is 6.29 Å². The van der Waals surface area contributed by atoms with Crippen molar-refractivity contribution in [1.29, 1.82) is 0 Å². The molecule has 1 saturated heterocycles. The lowest BCUT2D eigenvalue weighted by Gasteiger charge is -2.17. The first-order valence-corrected chi connectivity index (χ1v) is 3.43. The average Bonchev–Trinajstić information content (AvgIpc) is 2.15. The first-order valence-electron chi connectivity index (χ1n) is 3.43. The summed E-state index contributed by atoms with van der Waals surface area (Å²) in [4.78, 5) is 12.5. The molecule has 2 nitrogen and oxygen atoms in total. The molecule has 0 N–H and O–H groups in total. The van der Waals surface area contributed by atoms with Crippen LogP contribution in [-0.4, -0.2) is 30.3 Å². The highest BCUT2D eigenvalue weighted by Crippen LogP contribution is 2.19. The van der Waals surface area contributed by atoms with E-state index in [9.17, 15) is 4.79 Å². The molecule has 9 heavy (non-hydrogen) atoms. The standard InChI is InChI=1S/C7H13NO/c1-6-3-4-7(5-9)8(6)2/h5-7H,3-4H2,1-2H3/t6-,7?/m1/s1. The summed E-state index contributed by atoms with van der Waals surface area (Å²) < 4.78 is 0. The van der Waals surface area contributed by atoms with Crippen molar-refractivity contribution in [2.75, 3.05) is 7.05 Å². The number of hydrogen-bond donors (Lipinski definition) is 0. The molecule has 1 unspecified atom stereocenters. The van der Waals surface area contributed by atoms with Crippen LogP contribution in [0.1, 0.15) is 19.8 Å². The van der Waals surface area contributed by atoms with Crippen molar-refractivity contribution in [2.45, 2.75) is 31.8 Å². The second kappa shape index (κ2) is 2.48. The smallest absolute Gasteiger partial charge is 0.137 e. The Kier molecular flexibility index (Phi) is 1.86. The Labute approximate surface area is 55.8 Å². The molecule has 1 aliphatic heterocycles. The zero-order valence-corrected chi connectivity index (χ0v) is 6.00. The normalized spacial score (nSPS) is 37.1. The molecule has 2 heteroatoms. The summed E-state index contributed by atoms with van der Waals surface area (Å²) >= 11 is 0. The lowest BCUT2D eigenvalue weighted by atomic mass is 10.2. The first-order chi connectivity index (χ1) is 4.25. The van der Waals surface area contributed by atoms with Crippen molar-refractivity contribution in [3.8, 4) is 0 Å². The zero-order valence-electron chi connectivity index (χ0n) is 6.00. The maximum atomic E-state index is 10.3. The maximum absolute atomic E-state index is 10.3. The summed E-state index contributed by atoms with van der Waals surface area (Å²) in [6.07, 6.45) is 3.25.